The Morgan fingerprint density at radius 3 is 2.60 bits per heavy atom. The van der Waals surface area contributed by atoms with Gasteiger partial charge in [-0.2, -0.15) is 0 Å². The minimum absolute atomic E-state index is 0.114. The molecule has 2 fully saturated rings. The van der Waals surface area contributed by atoms with Crippen LogP contribution in [0.2, 0.25) is 0 Å². The average Bonchev–Trinajstić information content (AvgIpc) is 2.68. The molecule has 132 valence electrons. The summed E-state index contributed by atoms with van der Waals surface area (Å²) in [6.07, 6.45) is 2.14. The van der Waals surface area contributed by atoms with Crippen LogP contribution in [-0.4, -0.2) is 66.1 Å². The number of piperazine rings is 1. The summed E-state index contributed by atoms with van der Waals surface area (Å²) in [5.74, 6) is -0.506. The van der Waals surface area contributed by atoms with Gasteiger partial charge in [-0.3, -0.25) is 9.69 Å². The Labute approximate surface area is 146 Å². The molecule has 0 N–H and O–H groups in total. The van der Waals surface area contributed by atoms with Gasteiger partial charge in [-0.25, -0.2) is 9.37 Å². The van der Waals surface area contributed by atoms with Crippen LogP contribution in [0.1, 0.15) is 23.3 Å². The minimum atomic E-state index is -0.392. The predicted molar refractivity (Wildman–Crippen MR) is 93.0 cm³/mol. The molecule has 3 heterocycles. The zero-order valence-corrected chi connectivity index (χ0v) is 14.2. The van der Waals surface area contributed by atoms with E-state index in [1.54, 1.807) is 24.3 Å². The topological polar surface area (TPSA) is 45.7 Å². The zero-order valence-electron chi connectivity index (χ0n) is 14.2. The number of carbonyl (C=O) groups excluding carboxylic acids is 1. The zero-order chi connectivity index (χ0) is 17.2. The first-order chi connectivity index (χ1) is 12.2. The van der Waals surface area contributed by atoms with Crippen LogP contribution in [0, 0.1) is 5.82 Å². The number of aromatic nitrogens is 1. The molecular weight excluding hydrogens is 321 g/mol. The van der Waals surface area contributed by atoms with E-state index in [1.165, 1.54) is 6.07 Å². The number of para-hydroxylation sites is 1. The van der Waals surface area contributed by atoms with Gasteiger partial charge < -0.3 is 9.64 Å². The summed E-state index contributed by atoms with van der Waals surface area (Å²) < 4.78 is 19.3. The van der Waals surface area contributed by atoms with Gasteiger partial charge in [0.15, 0.2) is 0 Å². The molecule has 2 aromatic rings. The first kappa shape index (κ1) is 16.4. The summed E-state index contributed by atoms with van der Waals surface area (Å²) in [5, 5.41) is 0.709. The van der Waals surface area contributed by atoms with Gasteiger partial charge in [-0.15, -0.1) is 0 Å². The lowest BCUT2D eigenvalue weighted by atomic mass is 10.1. The van der Waals surface area contributed by atoms with Crippen molar-refractivity contribution in [2.24, 2.45) is 0 Å². The lowest BCUT2D eigenvalue weighted by Gasteiger charge is -2.40. The molecule has 25 heavy (non-hydrogen) atoms. The van der Waals surface area contributed by atoms with Gasteiger partial charge >= 0.3 is 0 Å². The Morgan fingerprint density at radius 2 is 1.84 bits per heavy atom. The highest BCUT2D eigenvalue weighted by molar-refractivity contribution is 5.95. The fraction of sp³-hybridized carbons (Fsp3) is 0.474. The normalized spacial score (nSPS) is 20.1. The second kappa shape index (κ2) is 7.06. The summed E-state index contributed by atoms with van der Waals surface area (Å²) in [6, 6.07) is 8.84. The van der Waals surface area contributed by atoms with Crippen molar-refractivity contribution in [3.05, 3.63) is 41.8 Å². The highest BCUT2D eigenvalue weighted by atomic mass is 19.1. The quantitative estimate of drug-likeness (QED) is 0.839. The number of halogens is 1. The number of ether oxygens (including phenoxy) is 1. The maximum atomic E-state index is 13.9. The monoisotopic (exact) mass is 343 g/mol. The lowest BCUT2D eigenvalue weighted by Crippen LogP contribution is -2.53. The minimum Gasteiger partial charge on any atom is -0.381 e. The first-order valence-corrected chi connectivity index (χ1v) is 8.89. The van der Waals surface area contributed by atoms with Crippen LogP contribution in [0.3, 0.4) is 0 Å². The molecule has 1 aromatic carbocycles. The molecule has 2 aliphatic heterocycles. The van der Waals surface area contributed by atoms with Crippen molar-refractivity contribution >= 4 is 16.8 Å². The van der Waals surface area contributed by atoms with E-state index in [4.69, 9.17) is 4.74 Å². The van der Waals surface area contributed by atoms with Crippen molar-refractivity contribution in [3.63, 3.8) is 0 Å². The first-order valence-electron chi connectivity index (χ1n) is 8.89. The van der Waals surface area contributed by atoms with Gasteiger partial charge in [0.1, 0.15) is 17.0 Å². The number of hydrogen-bond acceptors (Lipinski definition) is 4. The molecule has 1 amide bonds. The molecule has 1 aromatic heterocycles. The number of rotatable bonds is 2. The Balaban J connectivity index is 1.44. The van der Waals surface area contributed by atoms with Crippen molar-refractivity contribution in [1.82, 2.24) is 14.8 Å². The van der Waals surface area contributed by atoms with E-state index in [0.717, 1.165) is 39.1 Å². The second-order valence-electron chi connectivity index (χ2n) is 6.68. The molecule has 0 radical (unpaired) electrons. The molecule has 0 saturated carbocycles. The van der Waals surface area contributed by atoms with E-state index in [0.29, 0.717) is 30.2 Å². The number of carbonyl (C=O) groups is 1. The van der Waals surface area contributed by atoms with Crippen LogP contribution in [0.5, 0.6) is 0 Å². The number of fused-ring (bicyclic) bond motifs is 1. The molecule has 6 heteroatoms. The van der Waals surface area contributed by atoms with E-state index in [2.05, 4.69) is 9.88 Å². The largest absolute Gasteiger partial charge is 0.381 e. The third kappa shape index (κ3) is 3.37. The summed E-state index contributed by atoms with van der Waals surface area (Å²) in [4.78, 5) is 21.3. The second-order valence-corrected chi connectivity index (χ2v) is 6.68. The van der Waals surface area contributed by atoms with Gasteiger partial charge in [0, 0.05) is 50.8 Å². The van der Waals surface area contributed by atoms with Gasteiger partial charge in [0.25, 0.3) is 5.91 Å². The van der Waals surface area contributed by atoms with Crippen LogP contribution in [0.25, 0.3) is 10.9 Å². The number of pyridine rings is 1. The van der Waals surface area contributed by atoms with Crippen LogP contribution in [-0.2, 0) is 4.74 Å². The van der Waals surface area contributed by atoms with E-state index in [9.17, 15) is 9.18 Å². The van der Waals surface area contributed by atoms with Crippen molar-refractivity contribution in [3.8, 4) is 0 Å². The average molecular weight is 343 g/mol. The molecule has 2 aliphatic rings. The Hall–Kier alpha value is -2.05. The van der Waals surface area contributed by atoms with Crippen LogP contribution in [0.15, 0.2) is 30.3 Å². The molecule has 4 rings (SSSR count). The van der Waals surface area contributed by atoms with Gasteiger partial charge in [-0.05, 0) is 25.0 Å². The molecule has 0 unspecified atom stereocenters. The number of amides is 1. The predicted octanol–water partition coefficient (Wildman–Crippen LogP) is 2.31. The summed E-state index contributed by atoms with van der Waals surface area (Å²) in [5.41, 5.74) is 0.575. The van der Waals surface area contributed by atoms with E-state index < -0.39 is 5.82 Å². The number of nitrogens with zero attached hydrogens (tertiary/aromatic N) is 3. The van der Waals surface area contributed by atoms with Gasteiger partial charge in [0.05, 0.1) is 0 Å². The Morgan fingerprint density at radius 1 is 1.08 bits per heavy atom. The van der Waals surface area contributed by atoms with Gasteiger partial charge in [0.2, 0.25) is 0 Å². The number of hydrogen-bond donors (Lipinski definition) is 0. The van der Waals surface area contributed by atoms with E-state index in [-0.39, 0.29) is 11.4 Å². The van der Waals surface area contributed by atoms with Crippen molar-refractivity contribution < 1.29 is 13.9 Å². The van der Waals surface area contributed by atoms with E-state index >= 15 is 0 Å². The van der Waals surface area contributed by atoms with Crippen molar-refractivity contribution in [2.45, 2.75) is 18.9 Å². The summed E-state index contributed by atoms with van der Waals surface area (Å²) >= 11 is 0. The van der Waals surface area contributed by atoms with Crippen molar-refractivity contribution in [1.29, 1.82) is 0 Å². The van der Waals surface area contributed by atoms with Crippen LogP contribution in [0.4, 0.5) is 4.39 Å². The smallest absolute Gasteiger partial charge is 0.272 e. The molecule has 2 saturated heterocycles. The molecule has 5 nitrogen and oxygen atoms in total. The Kier molecular flexibility index (Phi) is 4.63. The highest BCUT2D eigenvalue weighted by Crippen LogP contribution is 2.19. The number of benzene rings is 1. The maximum absolute atomic E-state index is 13.9. The fourth-order valence-electron chi connectivity index (χ4n) is 3.73. The molecule has 0 atom stereocenters. The Bertz CT molecular complexity index is 768. The summed E-state index contributed by atoms with van der Waals surface area (Å²) in [6.45, 7) is 4.78. The van der Waals surface area contributed by atoms with Crippen LogP contribution >= 0.6 is 0 Å². The van der Waals surface area contributed by atoms with Crippen LogP contribution < -0.4 is 0 Å². The standard InChI is InChI=1S/C19H22FN3O2/c20-16-3-1-2-14-4-5-17(21-18(14)16)19(24)23-10-8-22(9-11-23)15-6-12-25-13-7-15/h1-5,15H,6-13H2. The summed E-state index contributed by atoms with van der Waals surface area (Å²) in [7, 11) is 0. The lowest BCUT2D eigenvalue weighted by molar-refractivity contribution is 0.0136. The fourth-order valence-corrected chi connectivity index (χ4v) is 3.73. The third-order valence-corrected chi connectivity index (χ3v) is 5.20. The van der Waals surface area contributed by atoms with Gasteiger partial charge in [-0.1, -0.05) is 18.2 Å². The van der Waals surface area contributed by atoms with E-state index in [1.807, 2.05) is 4.90 Å². The highest BCUT2D eigenvalue weighted by Gasteiger charge is 2.28. The molecule has 0 spiro atoms. The molecule has 0 aliphatic carbocycles. The van der Waals surface area contributed by atoms with Crippen molar-refractivity contribution in [2.75, 3.05) is 39.4 Å². The SMILES string of the molecule is O=C(c1ccc2cccc(F)c2n1)N1CCN(C2CCOCC2)CC1. The molecular formula is C19H22FN3O2. The maximum Gasteiger partial charge on any atom is 0.272 e. The third-order valence-electron chi connectivity index (χ3n) is 5.20. The molecule has 0 bridgehead atoms.